The number of fused-ring (bicyclic) bond motifs is 1. The van der Waals surface area contributed by atoms with Gasteiger partial charge in [-0.05, 0) is 43.2 Å². The normalized spacial score (nSPS) is 15.6. The molecule has 0 amide bonds. The van der Waals surface area contributed by atoms with Crippen molar-refractivity contribution in [3.8, 4) is 6.07 Å². The van der Waals surface area contributed by atoms with Gasteiger partial charge in [0, 0.05) is 30.2 Å². The third-order valence-electron chi connectivity index (χ3n) is 4.42. The molecule has 0 spiro atoms. The Hall–Kier alpha value is -2.16. The molecule has 0 aliphatic carbocycles. The van der Waals surface area contributed by atoms with Crippen LogP contribution in [0.1, 0.15) is 29.3 Å². The molecule has 1 saturated heterocycles. The first-order valence-electron chi connectivity index (χ1n) is 7.90. The lowest BCUT2D eigenvalue weighted by atomic mass is 9.97. The number of rotatable bonds is 2. The molecule has 120 valence electrons. The molecule has 0 saturated carbocycles. The summed E-state index contributed by atoms with van der Waals surface area (Å²) in [6.45, 7) is 1.79. The van der Waals surface area contributed by atoms with E-state index in [1.807, 2.05) is 24.3 Å². The molecule has 0 radical (unpaired) electrons. The van der Waals surface area contributed by atoms with Crippen molar-refractivity contribution >= 4 is 39.0 Å². The van der Waals surface area contributed by atoms with Gasteiger partial charge in [-0.2, -0.15) is 5.26 Å². The van der Waals surface area contributed by atoms with Gasteiger partial charge in [0.05, 0.1) is 20.8 Å². The molecule has 1 aliphatic rings. The number of hydrogen-bond acceptors (Lipinski definition) is 5. The highest BCUT2D eigenvalue weighted by atomic mass is 35.5. The standard InChI is InChI=1S/C18H15ClN4S/c19-14-3-4-16-15(10-14)22-18(24-16)12-5-8-23(9-6-12)17-13(11-20)2-1-7-21-17/h1-4,7,10,12H,5-6,8-9H2. The van der Waals surface area contributed by atoms with E-state index in [9.17, 15) is 5.26 Å². The molecule has 0 bridgehead atoms. The van der Waals surface area contributed by atoms with Crippen molar-refractivity contribution in [3.63, 3.8) is 0 Å². The first-order chi connectivity index (χ1) is 11.7. The zero-order valence-electron chi connectivity index (χ0n) is 12.9. The molecular formula is C18H15ClN4S. The number of piperidine rings is 1. The first kappa shape index (κ1) is 15.4. The number of aromatic nitrogens is 2. The lowest BCUT2D eigenvalue weighted by molar-refractivity contribution is 0.501. The van der Waals surface area contributed by atoms with Gasteiger partial charge in [-0.25, -0.2) is 9.97 Å². The van der Waals surface area contributed by atoms with Crippen molar-refractivity contribution in [3.05, 3.63) is 52.1 Å². The van der Waals surface area contributed by atoms with E-state index < -0.39 is 0 Å². The third kappa shape index (κ3) is 2.83. The summed E-state index contributed by atoms with van der Waals surface area (Å²) in [4.78, 5) is 11.4. The molecule has 0 atom stereocenters. The lowest BCUT2D eigenvalue weighted by Crippen LogP contribution is -2.34. The van der Waals surface area contributed by atoms with E-state index in [2.05, 4.69) is 16.0 Å². The van der Waals surface area contributed by atoms with E-state index in [4.69, 9.17) is 16.6 Å². The van der Waals surface area contributed by atoms with Crippen molar-refractivity contribution < 1.29 is 0 Å². The third-order valence-corrected chi connectivity index (χ3v) is 5.85. The highest BCUT2D eigenvalue weighted by Crippen LogP contribution is 2.35. The predicted octanol–water partition coefficient (Wildman–Crippen LogP) is 4.60. The predicted molar refractivity (Wildman–Crippen MR) is 97.8 cm³/mol. The average Bonchev–Trinajstić information content (AvgIpc) is 3.05. The Morgan fingerprint density at radius 2 is 2.08 bits per heavy atom. The fourth-order valence-corrected chi connectivity index (χ4v) is 4.45. The summed E-state index contributed by atoms with van der Waals surface area (Å²) in [6.07, 6.45) is 3.80. The Balaban J connectivity index is 1.52. The maximum atomic E-state index is 9.25. The zero-order chi connectivity index (χ0) is 16.5. The number of hydrogen-bond donors (Lipinski definition) is 0. The van der Waals surface area contributed by atoms with E-state index in [-0.39, 0.29) is 0 Å². The Morgan fingerprint density at radius 3 is 2.88 bits per heavy atom. The topological polar surface area (TPSA) is 52.8 Å². The van der Waals surface area contributed by atoms with Crippen molar-refractivity contribution in [2.24, 2.45) is 0 Å². The molecule has 4 rings (SSSR count). The molecular weight excluding hydrogens is 340 g/mol. The fraction of sp³-hybridized carbons (Fsp3) is 0.278. The van der Waals surface area contributed by atoms with Crippen LogP contribution in [0.3, 0.4) is 0 Å². The van der Waals surface area contributed by atoms with Crippen LogP contribution in [0.25, 0.3) is 10.2 Å². The smallest absolute Gasteiger partial charge is 0.146 e. The highest BCUT2D eigenvalue weighted by Gasteiger charge is 2.25. The fourth-order valence-electron chi connectivity index (χ4n) is 3.17. The van der Waals surface area contributed by atoms with Crippen LogP contribution in [0.5, 0.6) is 0 Å². The summed E-state index contributed by atoms with van der Waals surface area (Å²) in [7, 11) is 0. The van der Waals surface area contributed by atoms with Crippen molar-refractivity contribution in [1.29, 1.82) is 5.26 Å². The largest absolute Gasteiger partial charge is 0.355 e. The summed E-state index contributed by atoms with van der Waals surface area (Å²) in [5.74, 6) is 1.27. The molecule has 3 heterocycles. The van der Waals surface area contributed by atoms with E-state index in [0.717, 1.165) is 42.3 Å². The summed E-state index contributed by atoms with van der Waals surface area (Å²) < 4.78 is 1.19. The van der Waals surface area contributed by atoms with Gasteiger partial charge in [-0.15, -0.1) is 11.3 Å². The minimum atomic E-state index is 0.465. The number of pyridine rings is 1. The molecule has 24 heavy (non-hydrogen) atoms. The maximum absolute atomic E-state index is 9.25. The molecule has 6 heteroatoms. The van der Waals surface area contributed by atoms with Gasteiger partial charge in [0.1, 0.15) is 11.9 Å². The Bertz CT molecular complexity index is 922. The summed E-state index contributed by atoms with van der Waals surface area (Å²) >= 11 is 7.81. The molecule has 1 aromatic carbocycles. The number of benzene rings is 1. The molecule has 4 nitrogen and oxygen atoms in total. The average molecular weight is 355 g/mol. The van der Waals surface area contributed by atoms with E-state index in [1.54, 1.807) is 23.6 Å². The molecule has 1 aliphatic heterocycles. The van der Waals surface area contributed by atoms with E-state index in [1.165, 1.54) is 9.71 Å². The van der Waals surface area contributed by atoms with Crippen molar-refractivity contribution in [2.75, 3.05) is 18.0 Å². The second-order valence-electron chi connectivity index (χ2n) is 5.91. The van der Waals surface area contributed by atoms with Gasteiger partial charge in [-0.3, -0.25) is 0 Å². The van der Waals surface area contributed by atoms with Crippen LogP contribution in [0, 0.1) is 11.3 Å². The van der Waals surface area contributed by atoms with Gasteiger partial charge < -0.3 is 4.90 Å². The number of halogens is 1. The van der Waals surface area contributed by atoms with Gasteiger partial charge in [0.2, 0.25) is 0 Å². The van der Waals surface area contributed by atoms with Gasteiger partial charge in [0.15, 0.2) is 0 Å². The van der Waals surface area contributed by atoms with Crippen molar-refractivity contribution in [1.82, 2.24) is 9.97 Å². The van der Waals surface area contributed by atoms with Gasteiger partial charge >= 0.3 is 0 Å². The van der Waals surface area contributed by atoms with E-state index >= 15 is 0 Å². The summed E-state index contributed by atoms with van der Waals surface area (Å²) in [5, 5.41) is 11.2. The Kier molecular flexibility index (Phi) is 4.09. The molecule has 0 unspecified atom stereocenters. The second-order valence-corrected chi connectivity index (χ2v) is 7.41. The summed E-state index contributed by atoms with van der Waals surface area (Å²) in [5.41, 5.74) is 1.63. The molecule has 3 aromatic rings. The highest BCUT2D eigenvalue weighted by molar-refractivity contribution is 7.18. The van der Waals surface area contributed by atoms with Gasteiger partial charge in [0.25, 0.3) is 0 Å². The Labute approximate surface area is 149 Å². The minimum Gasteiger partial charge on any atom is -0.355 e. The van der Waals surface area contributed by atoms with Crippen LogP contribution in [-0.4, -0.2) is 23.1 Å². The van der Waals surface area contributed by atoms with E-state index in [0.29, 0.717) is 11.5 Å². The Morgan fingerprint density at radius 1 is 1.25 bits per heavy atom. The molecule has 1 fully saturated rings. The van der Waals surface area contributed by atoms with Crippen LogP contribution in [0.15, 0.2) is 36.5 Å². The minimum absolute atomic E-state index is 0.465. The van der Waals surface area contributed by atoms with Crippen LogP contribution in [0.2, 0.25) is 5.02 Å². The maximum Gasteiger partial charge on any atom is 0.146 e. The summed E-state index contributed by atoms with van der Waals surface area (Å²) in [6, 6.07) is 11.8. The quantitative estimate of drug-likeness (QED) is 0.674. The zero-order valence-corrected chi connectivity index (χ0v) is 14.5. The number of nitrogens with zero attached hydrogens (tertiary/aromatic N) is 4. The number of nitriles is 1. The van der Waals surface area contributed by atoms with Gasteiger partial charge in [-0.1, -0.05) is 11.6 Å². The molecule has 0 N–H and O–H groups in total. The van der Waals surface area contributed by atoms with Crippen molar-refractivity contribution in [2.45, 2.75) is 18.8 Å². The monoisotopic (exact) mass is 354 g/mol. The van der Waals surface area contributed by atoms with Crippen LogP contribution >= 0.6 is 22.9 Å². The number of thiazole rings is 1. The number of anilines is 1. The van der Waals surface area contributed by atoms with Crippen LogP contribution < -0.4 is 4.90 Å². The molecule has 2 aromatic heterocycles. The lowest BCUT2D eigenvalue weighted by Gasteiger charge is -2.32. The first-order valence-corrected chi connectivity index (χ1v) is 9.10. The van der Waals surface area contributed by atoms with Crippen LogP contribution in [0.4, 0.5) is 5.82 Å². The second kappa shape index (κ2) is 6.39. The SMILES string of the molecule is N#Cc1cccnc1N1CCC(c2nc3cc(Cl)ccc3s2)CC1. The van der Waals surface area contributed by atoms with Crippen LogP contribution in [-0.2, 0) is 0 Å².